The maximum Gasteiger partial charge on any atom is 0.261 e. The molecule has 0 saturated carbocycles. The number of para-hydroxylation sites is 2. The largest absolute Gasteiger partial charge is 0.490 e. The quantitative estimate of drug-likeness (QED) is 0.655. The van der Waals surface area contributed by atoms with Gasteiger partial charge in [0.2, 0.25) is 0 Å². The van der Waals surface area contributed by atoms with Gasteiger partial charge in [-0.2, -0.15) is 0 Å². The smallest absolute Gasteiger partial charge is 0.261 e. The third kappa shape index (κ3) is 3.60. The number of amides is 1. The Morgan fingerprint density at radius 3 is 2.39 bits per heavy atom. The summed E-state index contributed by atoms with van der Waals surface area (Å²) in [5.74, 6) is 1.21. The molecule has 5 heteroatoms. The number of hydrogen-bond acceptors (Lipinski definition) is 3. The molecule has 2 aromatic carbocycles. The Balaban J connectivity index is 1.55. The highest BCUT2D eigenvalue weighted by atomic mass is 16.5. The second-order valence-electron chi connectivity index (χ2n) is 6.70. The molecule has 3 aromatic rings. The van der Waals surface area contributed by atoms with Crippen molar-refractivity contribution in [2.75, 3.05) is 19.8 Å². The van der Waals surface area contributed by atoms with Crippen LogP contribution in [0.15, 0.2) is 72.9 Å². The third-order valence-corrected chi connectivity index (χ3v) is 4.97. The van der Waals surface area contributed by atoms with Gasteiger partial charge in [-0.25, -0.2) is 0 Å². The molecule has 1 aliphatic heterocycles. The summed E-state index contributed by atoms with van der Waals surface area (Å²) in [7, 11) is 0. The first kappa shape index (κ1) is 18.2. The summed E-state index contributed by atoms with van der Waals surface area (Å²) in [6.45, 7) is 3.89. The van der Waals surface area contributed by atoms with Crippen LogP contribution in [0.1, 0.15) is 24.2 Å². The first-order valence-corrected chi connectivity index (χ1v) is 9.62. The van der Waals surface area contributed by atoms with E-state index in [9.17, 15) is 4.79 Å². The summed E-state index contributed by atoms with van der Waals surface area (Å²) in [5, 5.41) is 0. The lowest BCUT2D eigenvalue weighted by Crippen LogP contribution is -2.44. The van der Waals surface area contributed by atoms with Crippen molar-refractivity contribution in [1.29, 1.82) is 0 Å². The highest BCUT2D eigenvalue weighted by molar-refractivity contribution is 5.79. The first-order valence-electron chi connectivity index (χ1n) is 9.62. The molecule has 0 aliphatic carbocycles. The van der Waals surface area contributed by atoms with Gasteiger partial charge >= 0.3 is 0 Å². The Labute approximate surface area is 165 Å². The molecule has 0 fully saturated rings. The highest BCUT2D eigenvalue weighted by Crippen LogP contribution is 2.33. The van der Waals surface area contributed by atoms with E-state index >= 15 is 0 Å². The molecule has 0 bridgehead atoms. The number of carbonyl (C=O) groups excluding carboxylic acids is 1. The van der Waals surface area contributed by atoms with Gasteiger partial charge in [0.05, 0.1) is 12.6 Å². The second kappa shape index (κ2) is 8.21. The number of ether oxygens (including phenoxy) is 2. The van der Waals surface area contributed by atoms with Gasteiger partial charge < -0.3 is 18.9 Å². The molecule has 1 atom stereocenters. The molecule has 4 rings (SSSR count). The number of rotatable bonds is 6. The Morgan fingerprint density at radius 1 is 0.929 bits per heavy atom. The normalized spacial score (nSPS) is 15.8. The summed E-state index contributed by atoms with van der Waals surface area (Å²) in [6.07, 6.45) is 2.07. The molecule has 0 radical (unpaired) electrons. The standard InChI is InChI=1S/C23H24N2O3/c1-2-27-20-12-6-7-13-21(20)28-17-22(26)25-16-15-24-14-8-11-19(24)23(25)18-9-4-3-5-10-18/h3-14,23H,2,15-17H2,1H3. The Bertz CT molecular complexity index is 936. The van der Waals surface area contributed by atoms with Crippen molar-refractivity contribution in [2.45, 2.75) is 19.5 Å². The maximum absolute atomic E-state index is 13.1. The van der Waals surface area contributed by atoms with Crippen LogP contribution in [-0.2, 0) is 11.3 Å². The van der Waals surface area contributed by atoms with Crippen molar-refractivity contribution >= 4 is 5.91 Å². The van der Waals surface area contributed by atoms with Crippen LogP contribution in [0.4, 0.5) is 0 Å². The monoisotopic (exact) mass is 376 g/mol. The average molecular weight is 376 g/mol. The minimum atomic E-state index is -0.108. The molecular formula is C23H24N2O3. The number of benzene rings is 2. The topological polar surface area (TPSA) is 43.7 Å². The van der Waals surface area contributed by atoms with Crippen molar-refractivity contribution in [3.05, 3.63) is 84.2 Å². The maximum atomic E-state index is 13.1. The van der Waals surface area contributed by atoms with Gasteiger partial charge in [-0.1, -0.05) is 42.5 Å². The molecule has 1 aromatic heterocycles. The van der Waals surface area contributed by atoms with Crippen molar-refractivity contribution < 1.29 is 14.3 Å². The highest BCUT2D eigenvalue weighted by Gasteiger charge is 2.32. The fourth-order valence-corrected chi connectivity index (χ4v) is 3.70. The fraction of sp³-hybridized carbons (Fsp3) is 0.261. The summed E-state index contributed by atoms with van der Waals surface area (Å²) in [6, 6.07) is 21.6. The van der Waals surface area contributed by atoms with Gasteiger partial charge in [0.25, 0.3) is 5.91 Å². The summed E-state index contributed by atoms with van der Waals surface area (Å²) in [4.78, 5) is 15.0. The number of carbonyl (C=O) groups is 1. The predicted octanol–water partition coefficient (Wildman–Crippen LogP) is 3.90. The zero-order chi connectivity index (χ0) is 19.3. The lowest BCUT2D eigenvalue weighted by atomic mass is 10.00. The first-order chi connectivity index (χ1) is 13.8. The molecule has 1 amide bonds. The number of hydrogen-bond donors (Lipinski definition) is 0. The molecule has 28 heavy (non-hydrogen) atoms. The van der Waals surface area contributed by atoms with Crippen molar-refractivity contribution in [2.24, 2.45) is 0 Å². The molecule has 0 saturated heterocycles. The molecule has 0 spiro atoms. The van der Waals surface area contributed by atoms with E-state index in [2.05, 4.69) is 29.0 Å². The summed E-state index contributed by atoms with van der Waals surface area (Å²) in [5.41, 5.74) is 2.23. The molecule has 144 valence electrons. The van der Waals surface area contributed by atoms with E-state index in [1.54, 1.807) is 0 Å². The third-order valence-electron chi connectivity index (χ3n) is 4.97. The molecular weight excluding hydrogens is 352 g/mol. The van der Waals surface area contributed by atoms with E-state index in [-0.39, 0.29) is 18.6 Å². The van der Waals surface area contributed by atoms with Crippen LogP contribution in [0.2, 0.25) is 0 Å². The summed E-state index contributed by atoms with van der Waals surface area (Å²) < 4.78 is 13.6. The number of nitrogens with zero attached hydrogens (tertiary/aromatic N) is 2. The van der Waals surface area contributed by atoms with Gasteiger partial charge in [0.1, 0.15) is 0 Å². The van der Waals surface area contributed by atoms with Gasteiger partial charge in [-0.15, -0.1) is 0 Å². The van der Waals surface area contributed by atoms with E-state index < -0.39 is 0 Å². The second-order valence-corrected chi connectivity index (χ2v) is 6.70. The fourth-order valence-electron chi connectivity index (χ4n) is 3.70. The van der Waals surface area contributed by atoms with Crippen LogP contribution in [0, 0.1) is 0 Å². The number of fused-ring (bicyclic) bond motifs is 1. The van der Waals surface area contributed by atoms with Crippen molar-refractivity contribution in [3.63, 3.8) is 0 Å². The molecule has 2 heterocycles. The lowest BCUT2D eigenvalue weighted by Gasteiger charge is -2.37. The predicted molar refractivity (Wildman–Crippen MR) is 108 cm³/mol. The zero-order valence-corrected chi connectivity index (χ0v) is 16.0. The SMILES string of the molecule is CCOc1ccccc1OCC(=O)N1CCn2cccc2C1c1ccccc1. The Morgan fingerprint density at radius 2 is 1.64 bits per heavy atom. The van der Waals surface area contributed by atoms with E-state index in [0.717, 1.165) is 17.8 Å². The van der Waals surface area contributed by atoms with E-state index in [1.165, 1.54) is 0 Å². The van der Waals surface area contributed by atoms with Crippen LogP contribution in [0.3, 0.4) is 0 Å². The molecule has 5 nitrogen and oxygen atoms in total. The molecule has 0 N–H and O–H groups in total. The van der Waals surface area contributed by atoms with Crippen LogP contribution >= 0.6 is 0 Å². The minimum absolute atomic E-state index is 0.0197. The van der Waals surface area contributed by atoms with E-state index in [1.807, 2.05) is 60.4 Å². The minimum Gasteiger partial charge on any atom is -0.490 e. The van der Waals surface area contributed by atoms with Gasteiger partial charge in [0, 0.05) is 25.0 Å². The van der Waals surface area contributed by atoms with Gasteiger partial charge in [0.15, 0.2) is 18.1 Å². The van der Waals surface area contributed by atoms with Crippen LogP contribution in [-0.4, -0.2) is 35.1 Å². The van der Waals surface area contributed by atoms with E-state index in [0.29, 0.717) is 24.7 Å². The van der Waals surface area contributed by atoms with E-state index in [4.69, 9.17) is 9.47 Å². The lowest BCUT2D eigenvalue weighted by molar-refractivity contribution is -0.136. The molecule has 1 aliphatic rings. The van der Waals surface area contributed by atoms with Crippen LogP contribution in [0.25, 0.3) is 0 Å². The average Bonchev–Trinajstić information content (AvgIpc) is 3.22. The van der Waals surface area contributed by atoms with Gasteiger partial charge in [-0.05, 0) is 36.8 Å². The Hall–Kier alpha value is -3.21. The van der Waals surface area contributed by atoms with Crippen LogP contribution < -0.4 is 9.47 Å². The van der Waals surface area contributed by atoms with Crippen molar-refractivity contribution in [1.82, 2.24) is 9.47 Å². The summed E-state index contributed by atoms with van der Waals surface area (Å²) >= 11 is 0. The Kier molecular flexibility index (Phi) is 5.33. The van der Waals surface area contributed by atoms with Crippen LogP contribution in [0.5, 0.6) is 11.5 Å². The zero-order valence-electron chi connectivity index (χ0n) is 16.0. The van der Waals surface area contributed by atoms with Crippen molar-refractivity contribution in [3.8, 4) is 11.5 Å². The number of aromatic nitrogens is 1. The molecule has 1 unspecified atom stereocenters. The van der Waals surface area contributed by atoms with Gasteiger partial charge in [-0.3, -0.25) is 4.79 Å².